The fourth-order valence-corrected chi connectivity index (χ4v) is 6.48. The van der Waals surface area contributed by atoms with Crippen molar-refractivity contribution < 1.29 is 19.4 Å². The number of aryl methyl sites for hydroxylation is 2. The number of ketones is 1. The molecular weight excluding hydrogens is 578 g/mol. The van der Waals surface area contributed by atoms with Gasteiger partial charge in [-0.05, 0) is 67.3 Å². The largest absolute Gasteiger partial charge is 0.507 e. The lowest BCUT2D eigenvalue weighted by Gasteiger charge is -2.23. The number of carbonyl (C=O) groups excluding carboxylic acids is 2. The van der Waals surface area contributed by atoms with E-state index in [0.29, 0.717) is 38.6 Å². The summed E-state index contributed by atoms with van der Waals surface area (Å²) < 4.78 is 6.38. The first kappa shape index (κ1) is 28.9. The molecule has 0 radical (unpaired) electrons. The summed E-state index contributed by atoms with van der Waals surface area (Å²) in [5.74, 6) is -0.437. The number of amides is 1. The van der Waals surface area contributed by atoms with Gasteiger partial charge in [-0.3, -0.25) is 14.5 Å². The number of hydrogen-bond acceptors (Lipinski definition) is 8. The van der Waals surface area contributed by atoms with Crippen LogP contribution < -0.4 is 9.64 Å². The number of aliphatic hydroxyl groups excluding tert-OH is 1. The van der Waals surface area contributed by atoms with Crippen molar-refractivity contribution in [2.24, 2.45) is 0 Å². The van der Waals surface area contributed by atoms with Crippen LogP contribution in [0.2, 0.25) is 5.02 Å². The Balaban J connectivity index is 1.54. The van der Waals surface area contributed by atoms with Gasteiger partial charge in [0, 0.05) is 16.3 Å². The van der Waals surface area contributed by atoms with Crippen molar-refractivity contribution >= 4 is 57.3 Å². The molecule has 210 valence electrons. The third-order valence-corrected chi connectivity index (χ3v) is 9.02. The quantitative estimate of drug-likeness (QED) is 0.0693. The fourth-order valence-electron chi connectivity index (χ4n) is 4.53. The molecule has 41 heavy (non-hydrogen) atoms. The topological polar surface area (TPSA) is 92.6 Å². The number of ether oxygens (including phenoxy) is 1. The second kappa shape index (κ2) is 12.5. The average Bonchev–Trinajstić information content (AvgIpc) is 3.54. The molecule has 1 amide bonds. The van der Waals surface area contributed by atoms with E-state index in [1.807, 2.05) is 75.4 Å². The highest BCUT2D eigenvalue weighted by Gasteiger charge is 2.48. The van der Waals surface area contributed by atoms with Crippen molar-refractivity contribution in [3.63, 3.8) is 0 Å². The maximum absolute atomic E-state index is 13.5. The smallest absolute Gasteiger partial charge is 0.301 e. The molecule has 0 bridgehead atoms. The number of Topliss-reactive ketones (excluding diaryl/α,β-unsaturated/α-hetero) is 1. The summed E-state index contributed by atoms with van der Waals surface area (Å²) in [4.78, 5) is 28.4. The van der Waals surface area contributed by atoms with Crippen molar-refractivity contribution in [2.75, 3.05) is 11.5 Å². The summed E-state index contributed by atoms with van der Waals surface area (Å²) in [6.45, 7) is 6.37. The van der Waals surface area contributed by atoms with Crippen LogP contribution in [0.3, 0.4) is 0 Å². The van der Waals surface area contributed by atoms with E-state index in [1.54, 1.807) is 12.1 Å². The lowest BCUT2D eigenvalue weighted by molar-refractivity contribution is -0.132. The van der Waals surface area contributed by atoms with Crippen LogP contribution in [0.15, 0.2) is 76.6 Å². The Morgan fingerprint density at radius 1 is 1.05 bits per heavy atom. The number of aromatic nitrogens is 2. The maximum Gasteiger partial charge on any atom is 0.301 e. The first-order valence-corrected chi connectivity index (χ1v) is 15.3. The SMILES string of the molecule is CCCOc1ccc(C2/C(=C(\O)c3cc(C)ccc3C)C(=O)C(=O)N2c2nnc(SCc3ccc(Cl)cc3)s2)cc1. The molecule has 0 saturated carbocycles. The molecular formula is C31H28ClN3O4S2. The monoisotopic (exact) mass is 605 g/mol. The lowest BCUT2D eigenvalue weighted by atomic mass is 9.93. The number of hydrogen-bond donors (Lipinski definition) is 1. The van der Waals surface area contributed by atoms with Crippen LogP contribution in [0.4, 0.5) is 5.13 Å². The minimum atomic E-state index is -0.891. The minimum absolute atomic E-state index is 0.0106. The molecule has 10 heteroatoms. The number of nitrogens with zero attached hydrogens (tertiary/aromatic N) is 3. The Bertz CT molecular complexity index is 1620. The van der Waals surface area contributed by atoms with Crippen LogP contribution in [-0.4, -0.2) is 33.6 Å². The van der Waals surface area contributed by atoms with Gasteiger partial charge in [-0.2, -0.15) is 0 Å². The molecule has 5 rings (SSSR count). The number of halogens is 1. The lowest BCUT2D eigenvalue weighted by Crippen LogP contribution is -2.29. The van der Waals surface area contributed by atoms with Crippen LogP contribution in [0, 0.1) is 13.8 Å². The van der Waals surface area contributed by atoms with Crippen LogP contribution in [0.1, 0.15) is 47.2 Å². The van der Waals surface area contributed by atoms with Gasteiger partial charge in [0.25, 0.3) is 5.78 Å². The molecule has 1 aliphatic heterocycles. The first-order valence-electron chi connectivity index (χ1n) is 13.1. The number of thioether (sulfide) groups is 1. The van der Waals surface area contributed by atoms with E-state index >= 15 is 0 Å². The molecule has 0 aliphatic carbocycles. The average molecular weight is 606 g/mol. The summed E-state index contributed by atoms with van der Waals surface area (Å²) in [6, 6.07) is 19.5. The van der Waals surface area contributed by atoms with E-state index in [2.05, 4.69) is 10.2 Å². The Morgan fingerprint density at radius 3 is 2.49 bits per heavy atom. The van der Waals surface area contributed by atoms with E-state index in [4.69, 9.17) is 16.3 Å². The normalized spacial score (nSPS) is 16.4. The molecule has 0 spiro atoms. The predicted octanol–water partition coefficient (Wildman–Crippen LogP) is 7.52. The van der Waals surface area contributed by atoms with Crippen LogP contribution in [0.5, 0.6) is 5.75 Å². The van der Waals surface area contributed by atoms with E-state index in [-0.39, 0.29) is 16.5 Å². The molecule has 1 aliphatic rings. The summed E-state index contributed by atoms with van der Waals surface area (Å²) in [5, 5.41) is 21.0. The van der Waals surface area contributed by atoms with E-state index < -0.39 is 17.7 Å². The number of anilines is 1. The van der Waals surface area contributed by atoms with Gasteiger partial charge in [0.2, 0.25) is 5.13 Å². The van der Waals surface area contributed by atoms with Gasteiger partial charge in [0.05, 0.1) is 18.2 Å². The highest BCUT2D eigenvalue weighted by Crippen LogP contribution is 2.44. The van der Waals surface area contributed by atoms with Crippen molar-refractivity contribution in [1.82, 2.24) is 10.2 Å². The molecule has 1 aromatic heterocycles. The first-order chi connectivity index (χ1) is 19.8. The van der Waals surface area contributed by atoms with E-state index in [9.17, 15) is 14.7 Å². The van der Waals surface area contributed by atoms with Crippen LogP contribution >= 0.6 is 34.7 Å². The van der Waals surface area contributed by atoms with Gasteiger partial charge in [0.15, 0.2) is 4.34 Å². The van der Waals surface area contributed by atoms with Gasteiger partial charge in [0.1, 0.15) is 11.5 Å². The zero-order chi connectivity index (χ0) is 29.1. The van der Waals surface area contributed by atoms with Crippen LogP contribution in [-0.2, 0) is 15.3 Å². The Labute approximate surface area is 251 Å². The van der Waals surface area contributed by atoms with Crippen LogP contribution in [0.25, 0.3) is 5.76 Å². The van der Waals surface area contributed by atoms with Crippen molar-refractivity contribution in [3.05, 3.63) is 105 Å². The summed E-state index contributed by atoms with van der Waals surface area (Å²) in [5.41, 5.74) is 3.94. The zero-order valence-electron chi connectivity index (χ0n) is 22.8. The van der Waals surface area contributed by atoms with Gasteiger partial charge in [-0.15, -0.1) is 10.2 Å². The van der Waals surface area contributed by atoms with Crippen molar-refractivity contribution in [1.29, 1.82) is 0 Å². The van der Waals surface area contributed by atoms with E-state index in [1.165, 1.54) is 28.0 Å². The second-order valence-electron chi connectivity index (χ2n) is 9.67. The molecule has 1 unspecified atom stereocenters. The van der Waals surface area contributed by atoms with Gasteiger partial charge in [-0.25, -0.2) is 0 Å². The van der Waals surface area contributed by atoms with Gasteiger partial charge >= 0.3 is 5.91 Å². The second-order valence-corrected chi connectivity index (χ2v) is 12.3. The molecule has 1 N–H and O–H groups in total. The summed E-state index contributed by atoms with van der Waals surface area (Å²) in [6.07, 6.45) is 0.868. The fraction of sp³-hybridized carbons (Fsp3) is 0.226. The predicted molar refractivity (Wildman–Crippen MR) is 164 cm³/mol. The van der Waals surface area contributed by atoms with Gasteiger partial charge < -0.3 is 9.84 Å². The highest BCUT2D eigenvalue weighted by molar-refractivity contribution is 8.00. The number of rotatable bonds is 9. The third-order valence-electron chi connectivity index (χ3n) is 6.64. The Morgan fingerprint density at radius 2 is 1.78 bits per heavy atom. The molecule has 3 aromatic carbocycles. The third kappa shape index (κ3) is 6.17. The summed E-state index contributed by atoms with van der Waals surface area (Å²) in [7, 11) is 0. The zero-order valence-corrected chi connectivity index (χ0v) is 25.1. The summed E-state index contributed by atoms with van der Waals surface area (Å²) >= 11 is 8.70. The number of benzene rings is 3. The molecule has 7 nitrogen and oxygen atoms in total. The van der Waals surface area contributed by atoms with E-state index in [0.717, 1.165) is 23.1 Å². The molecule has 2 heterocycles. The standard InChI is InChI=1S/C31H28ClN3O4S2/c1-4-15-39-23-13-9-21(10-14-23)26-25(27(36)24-16-18(2)5-6-19(24)3)28(37)29(38)35(26)30-33-34-31(41-30)40-17-20-7-11-22(32)12-8-20/h5-14,16,26,36H,4,15,17H2,1-3H3/b27-25+. The number of carbonyl (C=O) groups is 2. The highest BCUT2D eigenvalue weighted by atomic mass is 35.5. The Hall–Kier alpha value is -3.66. The number of aliphatic hydroxyl groups is 1. The molecule has 1 fully saturated rings. The van der Waals surface area contributed by atoms with Crippen molar-refractivity contribution in [3.8, 4) is 5.75 Å². The van der Waals surface area contributed by atoms with Gasteiger partial charge in [-0.1, -0.05) is 83.6 Å². The molecule has 1 saturated heterocycles. The minimum Gasteiger partial charge on any atom is -0.507 e. The Kier molecular flexibility index (Phi) is 8.77. The molecule has 4 aromatic rings. The van der Waals surface area contributed by atoms with Crippen molar-refractivity contribution in [2.45, 2.75) is 43.3 Å². The molecule has 1 atom stereocenters. The maximum atomic E-state index is 13.5.